The topological polar surface area (TPSA) is 90.4 Å². The Bertz CT molecular complexity index is 806. The minimum Gasteiger partial charge on any atom is -0.365 e. The van der Waals surface area contributed by atoms with Crippen molar-refractivity contribution < 1.29 is 9.59 Å². The number of aromatic nitrogens is 3. The molecule has 3 rings (SSSR count). The van der Waals surface area contributed by atoms with E-state index in [-0.39, 0.29) is 0 Å². The number of nitrogens with zero attached hydrogens (tertiary/aromatic N) is 3. The fourth-order valence-corrected chi connectivity index (χ4v) is 2.05. The standard InChI is InChI=1S/C14H10N4O2/c15-13(20)11-5-6-12(18-14(11)16-8-17-18)10-3-1-9(7-19)2-4-10/h1-8H,(H2,15,20). The maximum atomic E-state index is 11.3. The zero-order chi connectivity index (χ0) is 14.1. The number of hydrogen-bond acceptors (Lipinski definition) is 4. The van der Waals surface area contributed by atoms with Crippen LogP contribution in [0, 0.1) is 0 Å². The zero-order valence-corrected chi connectivity index (χ0v) is 10.4. The van der Waals surface area contributed by atoms with Crippen molar-refractivity contribution in [1.82, 2.24) is 14.6 Å². The van der Waals surface area contributed by atoms with Crippen molar-refractivity contribution in [3.8, 4) is 11.3 Å². The fraction of sp³-hybridized carbons (Fsp3) is 0. The van der Waals surface area contributed by atoms with Gasteiger partial charge in [-0.3, -0.25) is 9.59 Å². The molecule has 0 aliphatic rings. The largest absolute Gasteiger partial charge is 0.365 e. The molecule has 0 radical (unpaired) electrons. The van der Waals surface area contributed by atoms with Gasteiger partial charge in [0.25, 0.3) is 5.91 Å². The number of nitrogens with two attached hydrogens (primary N) is 1. The second kappa shape index (κ2) is 4.58. The summed E-state index contributed by atoms with van der Waals surface area (Å²) in [6.45, 7) is 0. The number of hydrogen-bond donors (Lipinski definition) is 1. The van der Waals surface area contributed by atoms with E-state index in [0.29, 0.717) is 16.8 Å². The summed E-state index contributed by atoms with van der Waals surface area (Å²) in [5.74, 6) is -0.550. The van der Waals surface area contributed by atoms with Gasteiger partial charge in [-0.1, -0.05) is 24.3 Å². The van der Waals surface area contributed by atoms with Crippen molar-refractivity contribution in [1.29, 1.82) is 0 Å². The number of carbonyl (C=O) groups is 2. The average molecular weight is 266 g/mol. The lowest BCUT2D eigenvalue weighted by Crippen LogP contribution is -2.13. The highest BCUT2D eigenvalue weighted by molar-refractivity contribution is 5.99. The van der Waals surface area contributed by atoms with Crippen LogP contribution in [-0.4, -0.2) is 26.8 Å². The van der Waals surface area contributed by atoms with Gasteiger partial charge in [-0.15, -0.1) is 0 Å². The molecule has 3 aromatic rings. The second-order valence-corrected chi connectivity index (χ2v) is 4.23. The van der Waals surface area contributed by atoms with Crippen LogP contribution in [0.4, 0.5) is 0 Å². The molecule has 6 nitrogen and oxygen atoms in total. The molecule has 0 spiro atoms. The van der Waals surface area contributed by atoms with E-state index in [1.54, 1.807) is 28.8 Å². The van der Waals surface area contributed by atoms with E-state index >= 15 is 0 Å². The van der Waals surface area contributed by atoms with E-state index in [0.717, 1.165) is 17.5 Å². The van der Waals surface area contributed by atoms with E-state index < -0.39 is 5.91 Å². The molecule has 0 atom stereocenters. The summed E-state index contributed by atoms with van der Waals surface area (Å²) in [7, 11) is 0. The Balaban J connectivity index is 2.21. The van der Waals surface area contributed by atoms with Crippen LogP contribution < -0.4 is 5.73 Å². The molecule has 0 saturated heterocycles. The number of carbonyl (C=O) groups excluding carboxylic acids is 2. The third-order valence-electron chi connectivity index (χ3n) is 3.03. The van der Waals surface area contributed by atoms with Gasteiger partial charge < -0.3 is 5.73 Å². The molecule has 0 fully saturated rings. The van der Waals surface area contributed by atoms with E-state index in [2.05, 4.69) is 10.1 Å². The second-order valence-electron chi connectivity index (χ2n) is 4.23. The van der Waals surface area contributed by atoms with Crippen LogP contribution in [0.25, 0.3) is 16.9 Å². The third kappa shape index (κ3) is 1.83. The lowest BCUT2D eigenvalue weighted by atomic mass is 10.1. The van der Waals surface area contributed by atoms with Crippen LogP contribution in [0.15, 0.2) is 42.7 Å². The summed E-state index contributed by atoms with van der Waals surface area (Å²) >= 11 is 0. The maximum Gasteiger partial charge on any atom is 0.252 e. The molecule has 2 N–H and O–H groups in total. The minimum absolute atomic E-state index is 0.316. The van der Waals surface area contributed by atoms with Crippen LogP contribution in [0.2, 0.25) is 0 Å². The molecular weight excluding hydrogens is 256 g/mol. The van der Waals surface area contributed by atoms with Gasteiger partial charge in [-0.25, -0.2) is 9.50 Å². The first-order valence-electron chi connectivity index (χ1n) is 5.89. The Morgan fingerprint density at radius 3 is 2.55 bits per heavy atom. The number of rotatable bonds is 3. The number of aldehydes is 1. The molecule has 0 saturated carbocycles. The van der Waals surface area contributed by atoms with Crippen molar-refractivity contribution in [3.05, 3.63) is 53.9 Å². The number of pyridine rings is 1. The average Bonchev–Trinajstić information content (AvgIpc) is 2.95. The highest BCUT2D eigenvalue weighted by atomic mass is 16.1. The molecule has 0 aliphatic carbocycles. The van der Waals surface area contributed by atoms with Crippen molar-refractivity contribution >= 4 is 17.8 Å². The van der Waals surface area contributed by atoms with Crippen LogP contribution in [0.5, 0.6) is 0 Å². The molecule has 98 valence electrons. The highest BCUT2D eigenvalue weighted by Gasteiger charge is 2.12. The number of benzene rings is 1. The summed E-state index contributed by atoms with van der Waals surface area (Å²) in [6.07, 6.45) is 2.15. The molecule has 0 aliphatic heterocycles. The Labute approximate surface area is 113 Å². The lowest BCUT2D eigenvalue weighted by molar-refractivity contribution is 0.100. The third-order valence-corrected chi connectivity index (χ3v) is 3.03. The number of primary amides is 1. The molecule has 2 heterocycles. The van der Waals surface area contributed by atoms with Crippen LogP contribution in [0.1, 0.15) is 20.7 Å². The summed E-state index contributed by atoms with van der Waals surface area (Å²) in [5, 5.41) is 4.11. The molecule has 0 bridgehead atoms. The van der Waals surface area contributed by atoms with Gasteiger partial charge in [0.05, 0.1) is 11.3 Å². The monoisotopic (exact) mass is 266 g/mol. The van der Waals surface area contributed by atoms with Crippen LogP contribution in [-0.2, 0) is 0 Å². The van der Waals surface area contributed by atoms with Gasteiger partial charge in [0.1, 0.15) is 12.6 Å². The van der Waals surface area contributed by atoms with Gasteiger partial charge in [-0.2, -0.15) is 5.10 Å². The van der Waals surface area contributed by atoms with Gasteiger partial charge in [0.2, 0.25) is 0 Å². The molecule has 1 aromatic carbocycles. The number of fused-ring (bicyclic) bond motifs is 1. The smallest absolute Gasteiger partial charge is 0.252 e. The lowest BCUT2D eigenvalue weighted by Gasteiger charge is -2.06. The first kappa shape index (κ1) is 12.0. The van der Waals surface area contributed by atoms with Gasteiger partial charge in [0, 0.05) is 11.1 Å². The first-order valence-corrected chi connectivity index (χ1v) is 5.89. The molecule has 0 unspecified atom stereocenters. The van der Waals surface area contributed by atoms with Gasteiger partial charge in [0.15, 0.2) is 5.65 Å². The van der Waals surface area contributed by atoms with Crippen LogP contribution >= 0.6 is 0 Å². The van der Waals surface area contributed by atoms with Crippen LogP contribution in [0.3, 0.4) is 0 Å². The zero-order valence-electron chi connectivity index (χ0n) is 10.4. The molecule has 20 heavy (non-hydrogen) atoms. The first-order chi connectivity index (χ1) is 9.70. The molecule has 1 amide bonds. The van der Waals surface area contributed by atoms with Crippen molar-refractivity contribution in [2.75, 3.05) is 0 Å². The predicted octanol–water partition coefficient (Wildman–Crippen LogP) is 1.31. The Hall–Kier alpha value is -3.02. The minimum atomic E-state index is -0.550. The molecular formula is C14H10N4O2. The summed E-state index contributed by atoms with van der Waals surface area (Å²) < 4.78 is 1.55. The maximum absolute atomic E-state index is 11.3. The molecule has 2 aromatic heterocycles. The van der Waals surface area contributed by atoms with E-state index in [1.807, 2.05) is 12.1 Å². The van der Waals surface area contributed by atoms with Crippen molar-refractivity contribution in [2.45, 2.75) is 0 Å². The Morgan fingerprint density at radius 1 is 1.15 bits per heavy atom. The van der Waals surface area contributed by atoms with E-state index in [1.165, 1.54) is 6.33 Å². The highest BCUT2D eigenvalue weighted by Crippen LogP contribution is 2.21. The normalized spacial score (nSPS) is 10.6. The van der Waals surface area contributed by atoms with Gasteiger partial charge in [-0.05, 0) is 12.1 Å². The molecule has 6 heteroatoms. The summed E-state index contributed by atoms with van der Waals surface area (Å²) in [5.41, 5.74) is 8.26. The Kier molecular flexibility index (Phi) is 2.76. The van der Waals surface area contributed by atoms with E-state index in [9.17, 15) is 9.59 Å². The quantitative estimate of drug-likeness (QED) is 0.723. The van der Waals surface area contributed by atoms with Crippen molar-refractivity contribution in [3.63, 3.8) is 0 Å². The fourth-order valence-electron chi connectivity index (χ4n) is 2.05. The SMILES string of the molecule is NC(=O)c1ccc(-c2ccc(C=O)cc2)n2ncnc12. The summed E-state index contributed by atoms with van der Waals surface area (Å²) in [4.78, 5) is 26.1. The van der Waals surface area contributed by atoms with E-state index in [4.69, 9.17) is 5.73 Å². The van der Waals surface area contributed by atoms with Gasteiger partial charge >= 0.3 is 0 Å². The van der Waals surface area contributed by atoms with Crippen molar-refractivity contribution in [2.24, 2.45) is 5.73 Å². The number of amides is 1. The predicted molar refractivity (Wildman–Crippen MR) is 72.3 cm³/mol. The Morgan fingerprint density at radius 2 is 1.90 bits per heavy atom. The summed E-state index contributed by atoms with van der Waals surface area (Å²) in [6, 6.07) is 10.4.